The molecule has 2 amide bonds. The van der Waals surface area contributed by atoms with Gasteiger partial charge in [0.1, 0.15) is 0 Å². The molecule has 5 nitrogen and oxygen atoms in total. The molecule has 2 atom stereocenters. The Morgan fingerprint density at radius 2 is 2.14 bits per heavy atom. The minimum Gasteiger partial charge on any atom is -0.481 e. The Balaban J connectivity index is 2.12. The number of rotatable bonds is 5. The van der Waals surface area contributed by atoms with Crippen molar-refractivity contribution in [3.8, 4) is 0 Å². The number of aliphatic carboxylic acids is 1. The van der Waals surface area contributed by atoms with E-state index >= 15 is 0 Å². The van der Waals surface area contributed by atoms with E-state index in [2.05, 4.69) is 10.6 Å². The maximum Gasteiger partial charge on any atom is 0.315 e. The summed E-state index contributed by atoms with van der Waals surface area (Å²) >= 11 is 0. The monoisotopic (exact) mass is 200 g/mol. The summed E-state index contributed by atoms with van der Waals surface area (Å²) in [5.41, 5.74) is 0. The second kappa shape index (κ2) is 4.83. The molecule has 0 bridgehead atoms. The summed E-state index contributed by atoms with van der Waals surface area (Å²) in [6.07, 6.45) is 2.56. The predicted molar refractivity (Wildman–Crippen MR) is 51.0 cm³/mol. The number of urea groups is 1. The van der Waals surface area contributed by atoms with E-state index in [-0.39, 0.29) is 24.5 Å². The highest BCUT2D eigenvalue weighted by Gasteiger charge is 2.26. The van der Waals surface area contributed by atoms with E-state index in [1.54, 1.807) is 0 Å². The maximum absolute atomic E-state index is 10.9. The molecule has 14 heavy (non-hydrogen) atoms. The highest BCUT2D eigenvalue weighted by Crippen LogP contribution is 2.10. The van der Waals surface area contributed by atoms with E-state index in [9.17, 15) is 9.59 Å². The number of hydrogen-bond donors (Lipinski definition) is 3. The summed E-state index contributed by atoms with van der Waals surface area (Å²) < 4.78 is 0. The summed E-state index contributed by atoms with van der Waals surface area (Å²) in [5, 5.41) is 14.0. The van der Waals surface area contributed by atoms with Crippen molar-refractivity contribution in [1.82, 2.24) is 10.6 Å². The van der Waals surface area contributed by atoms with Crippen LogP contribution in [0.15, 0.2) is 0 Å². The Morgan fingerprint density at radius 3 is 2.64 bits per heavy atom. The molecule has 1 fully saturated rings. The third kappa shape index (κ3) is 3.24. The average molecular weight is 200 g/mol. The summed E-state index contributed by atoms with van der Waals surface area (Å²) in [7, 11) is 0. The molecule has 0 aliphatic carbocycles. The van der Waals surface area contributed by atoms with Crippen molar-refractivity contribution in [1.29, 1.82) is 0 Å². The van der Waals surface area contributed by atoms with Crippen molar-refractivity contribution in [2.24, 2.45) is 0 Å². The number of carboxylic acid groups (broad SMARTS) is 1. The molecule has 0 spiro atoms. The molecule has 0 saturated carbocycles. The van der Waals surface area contributed by atoms with Crippen molar-refractivity contribution in [2.75, 3.05) is 0 Å². The lowest BCUT2D eigenvalue weighted by atomic mass is 10.0. The van der Waals surface area contributed by atoms with Crippen LogP contribution < -0.4 is 10.6 Å². The Morgan fingerprint density at radius 1 is 1.43 bits per heavy atom. The van der Waals surface area contributed by atoms with Crippen molar-refractivity contribution < 1.29 is 14.7 Å². The van der Waals surface area contributed by atoms with Crippen LogP contribution in [0.2, 0.25) is 0 Å². The molecule has 3 N–H and O–H groups in total. The smallest absolute Gasteiger partial charge is 0.315 e. The molecule has 0 aromatic rings. The summed E-state index contributed by atoms with van der Waals surface area (Å²) in [6.45, 7) is 1.94. The first kappa shape index (κ1) is 10.8. The van der Waals surface area contributed by atoms with E-state index in [0.717, 1.165) is 12.8 Å². The van der Waals surface area contributed by atoms with Crippen LogP contribution in [-0.4, -0.2) is 29.2 Å². The Labute approximate surface area is 82.9 Å². The van der Waals surface area contributed by atoms with Crippen LogP contribution in [0.4, 0.5) is 4.79 Å². The molecule has 0 aromatic heterocycles. The van der Waals surface area contributed by atoms with Crippen molar-refractivity contribution >= 4 is 12.0 Å². The molecule has 0 aromatic carbocycles. The maximum atomic E-state index is 10.9. The lowest BCUT2D eigenvalue weighted by molar-refractivity contribution is -0.137. The first-order valence-electron chi connectivity index (χ1n) is 4.88. The van der Waals surface area contributed by atoms with Crippen LogP contribution in [0.5, 0.6) is 0 Å². The van der Waals surface area contributed by atoms with Gasteiger partial charge in [0.2, 0.25) is 0 Å². The van der Waals surface area contributed by atoms with E-state index in [0.29, 0.717) is 6.42 Å². The lowest BCUT2D eigenvalue weighted by Crippen LogP contribution is -2.30. The summed E-state index contributed by atoms with van der Waals surface area (Å²) in [4.78, 5) is 21.1. The Hall–Kier alpha value is -1.26. The van der Waals surface area contributed by atoms with E-state index in [4.69, 9.17) is 5.11 Å². The SMILES string of the molecule is C[C@H]1NC(=O)N[C@H]1CCCCC(=O)O. The minimum atomic E-state index is -0.758. The highest BCUT2D eigenvalue weighted by atomic mass is 16.4. The van der Waals surface area contributed by atoms with Gasteiger partial charge in [-0.3, -0.25) is 4.79 Å². The second-order valence-electron chi connectivity index (χ2n) is 3.65. The third-order valence-corrected chi connectivity index (χ3v) is 2.43. The number of carbonyl (C=O) groups is 2. The number of nitrogens with one attached hydrogen (secondary N) is 2. The summed E-state index contributed by atoms with van der Waals surface area (Å²) in [6, 6.07) is 0.171. The number of unbranched alkanes of at least 4 members (excludes halogenated alkanes) is 1. The molecule has 1 saturated heterocycles. The van der Waals surface area contributed by atoms with Gasteiger partial charge in [-0.2, -0.15) is 0 Å². The number of carboxylic acids is 1. The molecule has 5 heteroatoms. The van der Waals surface area contributed by atoms with Gasteiger partial charge >= 0.3 is 12.0 Å². The molecule has 0 radical (unpaired) electrons. The van der Waals surface area contributed by atoms with Gasteiger partial charge in [-0.05, 0) is 19.8 Å². The van der Waals surface area contributed by atoms with Crippen LogP contribution in [0, 0.1) is 0 Å². The van der Waals surface area contributed by atoms with Crippen LogP contribution in [0.1, 0.15) is 32.6 Å². The average Bonchev–Trinajstić information content (AvgIpc) is 2.39. The molecule has 1 heterocycles. The molecule has 1 aliphatic heterocycles. The molecule has 1 rings (SSSR count). The Kier molecular flexibility index (Phi) is 3.73. The molecule has 1 aliphatic rings. The first-order chi connectivity index (χ1) is 6.59. The third-order valence-electron chi connectivity index (χ3n) is 2.43. The molecular weight excluding hydrogens is 184 g/mol. The van der Waals surface area contributed by atoms with Gasteiger partial charge in [0.25, 0.3) is 0 Å². The fourth-order valence-corrected chi connectivity index (χ4v) is 1.61. The van der Waals surface area contributed by atoms with Crippen LogP contribution in [0.25, 0.3) is 0 Å². The van der Waals surface area contributed by atoms with Gasteiger partial charge in [0, 0.05) is 12.5 Å². The van der Waals surface area contributed by atoms with Gasteiger partial charge < -0.3 is 15.7 Å². The molecular formula is C9H16N2O3. The number of carbonyl (C=O) groups excluding carboxylic acids is 1. The van der Waals surface area contributed by atoms with Crippen LogP contribution in [-0.2, 0) is 4.79 Å². The quantitative estimate of drug-likeness (QED) is 0.572. The van der Waals surface area contributed by atoms with Crippen LogP contribution in [0.3, 0.4) is 0 Å². The largest absolute Gasteiger partial charge is 0.481 e. The summed E-state index contributed by atoms with van der Waals surface area (Å²) in [5.74, 6) is -0.758. The van der Waals surface area contributed by atoms with E-state index in [1.807, 2.05) is 6.92 Å². The molecule has 0 unspecified atom stereocenters. The zero-order chi connectivity index (χ0) is 10.6. The van der Waals surface area contributed by atoms with Crippen molar-refractivity contribution in [3.05, 3.63) is 0 Å². The topological polar surface area (TPSA) is 78.4 Å². The fraction of sp³-hybridized carbons (Fsp3) is 0.778. The highest BCUT2D eigenvalue weighted by molar-refractivity contribution is 5.77. The fourth-order valence-electron chi connectivity index (χ4n) is 1.61. The van der Waals surface area contributed by atoms with Gasteiger partial charge in [-0.1, -0.05) is 6.42 Å². The van der Waals surface area contributed by atoms with Crippen LogP contribution >= 0.6 is 0 Å². The number of amides is 2. The second-order valence-corrected chi connectivity index (χ2v) is 3.65. The zero-order valence-corrected chi connectivity index (χ0v) is 8.25. The normalized spacial score (nSPS) is 25.6. The number of hydrogen-bond acceptors (Lipinski definition) is 2. The van der Waals surface area contributed by atoms with Crippen molar-refractivity contribution in [2.45, 2.75) is 44.7 Å². The van der Waals surface area contributed by atoms with Gasteiger partial charge in [0.05, 0.1) is 6.04 Å². The van der Waals surface area contributed by atoms with Gasteiger partial charge in [-0.15, -0.1) is 0 Å². The van der Waals surface area contributed by atoms with Crippen molar-refractivity contribution in [3.63, 3.8) is 0 Å². The Bertz CT molecular complexity index is 230. The predicted octanol–water partition coefficient (Wildman–Crippen LogP) is 0.701. The standard InChI is InChI=1S/C9H16N2O3/c1-6-7(11-9(14)10-6)4-2-3-5-8(12)13/h6-7H,2-5H2,1H3,(H,12,13)(H2,10,11,14)/t6-,7+/m1/s1. The minimum absolute atomic E-state index is 0.124. The lowest BCUT2D eigenvalue weighted by Gasteiger charge is -2.12. The van der Waals surface area contributed by atoms with E-state index < -0.39 is 5.97 Å². The van der Waals surface area contributed by atoms with Gasteiger partial charge in [-0.25, -0.2) is 4.79 Å². The molecule has 80 valence electrons. The zero-order valence-electron chi connectivity index (χ0n) is 8.25. The van der Waals surface area contributed by atoms with E-state index in [1.165, 1.54) is 0 Å². The van der Waals surface area contributed by atoms with Gasteiger partial charge in [0.15, 0.2) is 0 Å². The first-order valence-corrected chi connectivity index (χ1v) is 4.88.